The highest BCUT2D eigenvalue weighted by Gasteiger charge is 2.38. The van der Waals surface area contributed by atoms with Crippen molar-refractivity contribution in [2.24, 2.45) is 0 Å². The average Bonchev–Trinajstić information content (AvgIpc) is 3.37. The number of imide groups is 1. The van der Waals surface area contributed by atoms with Gasteiger partial charge in [0.25, 0.3) is 5.91 Å². The Labute approximate surface area is 167 Å². The molecule has 0 unspecified atom stereocenters. The molecule has 4 rings (SSSR count). The number of amides is 3. The van der Waals surface area contributed by atoms with Gasteiger partial charge in [-0.2, -0.15) is 5.10 Å². The monoisotopic (exact) mass is 395 g/mol. The fourth-order valence-electron chi connectivity index (χ4n) is 3.41. The minimum absolute atomic E-state index is 0.00588. The summed E-state index contributed by atoms with van der Waals surface area (Å²) in [6.45, 7) is 4.44. The molecule has 0 N–H and O–H groups in total. The van der Waals surface area contributed by atoms with E-state index in [1.807, 2.05) is 38.1 Å². The number of aromatic nitrogens is 3. The fourth-order valence-corrected chi connectivity index (χ4v) is 3.41. The number of rotatable bonds is 6. The Morgan fingerprint density at radius 3 is 2.69 bits per heavy atom. The maximum Gasteiger partial charge on any atom is 0.332 e. The minimum atomic E-state index is -0.377. The molecule has 1 aliphatic heterocycles. The van der Waals surface area contributed by atoms with Crippen LogP contribution in [0.15, 0.2) is 41.2 Å². The molecule has 0 bridgehead atoms. The number of anilines is 1. The lowest BCUT2D eigenvalue weighted by Crippen LogP contribution is -2.32. The predicted octanol–water partition coefficient (Wildman–Crippen LogP) is 2.51. The molecule has 1 saturated heterocycles. The Morgan fingerprint density at radius 1 is 1.17 bits per heavy atom. The van der Waals surface area contributed by atoms with Gasteiger partial charge in [0.2, 0.25) is 0 Å². The molecule has 150 valence electrons. The van der Waals surface area contributed by atoms with Crippen LogP contribution in [-0.4, -0.2) is 45.4 Å². The number of carbonyl (C=O) groups is 2. The lowest BCUT2D eigenvalue weighted by molar-refractivity contribution is -0.116. The molecule has 9 nitrogen and oxygen atoms in total. The molecule has 3 amide bonds. The zero-order valence-electron chi connectivity index (χ0n) is 16.5. The van der Waals surface area contributed by atoms with E-state index < -0.39 is 0 Å². The first kappa shape index (κ1) is 18.7. The van der Waals surface area contributed by atoms with Gasteiger partial charge in [-0.05, 0) is 19.9 Å². The largest absolute Gasteiger partial charge is 0.496 e. The molecule has 3 heterocycles. The Kier molecular flexibility index (Phi) is 4.79. The molecule has 1 fully saturated rings. The van der Waals surface area contributed by atoms with E-state index in [0.29, 0.717) is 18.0 Å². The fraction of sp³-hybridized carbons (Fsp3) is 0.300. The lowest BCUT2D eigenvalue weighted by atomic mass is 10.2. The van der Waals surface area contributed by atoms with E-state index in [9.17, 15) is 9.59 Å². The van der Waals surface area contributed by atoms with Crippen molar-refractivity contribution in [3.8, 4) is 5.75 Å². The van der Waals surface area contributed by atoms with Crippen LogP contribution in [0.5, 0.6) is 5.75 Å². The van der Waals surface area contributed by atoms with Gasteiger partial charge in [-0.15, -0.1) is 0 Å². The van der Waals surface area contributed by atoms with Crippen LogP contribution in [0.2, 0.25) is 0 Å². The van der Waals surface area contributed by atoms with Crippen LogP contribution < -0.4 is 9.64 Å². The minimum Gasteiger partial charge on any atom is -0.496 e. The zero-order valence-corrected chi connectivity index (χ0v) is 16.5. The molecule has 9 heteroatoms. The van der Waals surface area contributed by atoms with Crippen LogP contribution in [0.25, 0.3) is 0 Å². The van der Waals surface area contributed by atoms with E-state index in [1.165, 1.54) is 11.1 Å². The van der Waals surface area contributed by atoms with Crippen molar-refractivity contribution < 1.29 is 18.8 Å². The number of hydrogen-bond donors (Lipinski definition) is 0. The summed E-state index contributed by atoms with van der Waals surface area (Å²) in [6.07, 6.45) is 3.19. The molecule has 0 saturated carbocycles. The quantitative estimate of drug-likeness (QED) is 0.596. The normalized spacial score (nSPS) is 14.2. The van der Waals surface area contributed by atoms with E-state index in [4.69, 9.17) is 9.26 Å². The number of carbonyl (C=O) groups excluding carboxylic acids is 2. The van der Waals surface area contributed by atoms with Gasteiger partial charge < -0.3 is 14.2 Å². The molecule has 0 radical (unpaired) electrons. The van der Waals surface area contributed by atoms with Crippen molar-refractivity contribution in [2.75, 3.05) is 18.6 Å². The number of aryl methyl sites for hydroxylation is 2. The van der Waals surface area contributed by atoms with Crippen LogP contribution in [0, 0.1) is 13.8 Å². The second-order valence-corrected chi connectivity index (χ2v) is 6.88. The first-order valence-electron chi connectivity index (χ1n) is 9.16. The highest BCUT2D eigenvalue weighted by Crippen LogP contribution is 2.25. The number of nitrogens with zero attached hydrogens (tertiary/aromatic N) is 5. The Balaban J connectivity index is 1.52. The number of para-hydroxylation sites is 1. The van der Waals surface area contributed by atoms with Crippen LogP contribution in [0.3, 0.4) is 0 Å². The molecule has 0 atom stereocenters. The number of urea groups is 1. The van der Waals surface area contributed by atoms with Crippen LogP contribution in [0.4, 0.5) is 10.5 Å². The van der Waals surface area contributed by atoms with Gasteiger partial charge in [-0.25, -0.2) is 9.69 Å². The van der Waals surface area contributed by atoms with Gasteiger partial charge in [0.15, 0.2) is 0 Å². The topological polar surface area (TPSA) is 93.7 Å². The molecule has 0 aliphatic carbocycles. The second kappa shape index (κ2) is 7.42. The average molecular weight is 395 g/mol. The molecular weight excluding hydrogens is 374 g/mol. The van der Waals surface area contributed by atoms with Crippen molar-refractivity contribution in [1.82, 2.24) is 19.8 Å². The number of hydrogen-bond acceptors (Lipinski definition) is 6. The van der Waals surface area contributed by atoms with Gasteiger partial charge in [-0.3, -0.25) is 9.48 Å². The Bertz CT molecular complexity index is 1050. The number of ether oxygens (including phenoxy) is 1. The van der Waals surface area contributed by atoms with Gasteiger partial charge in [0.1, 0.15) is 18.1 Å². The molecular formula is C20H21N5O4. The third-order valence-electron chi connectivity index (χ3n) is 4.97. The summed E-state index contributed by atoms with van der Waals surface area (Å²) in [5, 5.41) is 8.22. The smallest absolute Gasteiger partial charge is 0.332 e. The van der Waals surface area contributed by atoms with Gasteiger partial charge in [0, 0.05) is 17.3 Å². The SMILES string of the molecule is COc1ccccc1CN1CC(=O)N(c2cnn(Cc3c(C)noc3C)c2)C1=O. The summed E-state index contributed by atoms with van der Waals surface area (Å²) in [4.78, 5) is 28.1. The predicted molar refractivity (Wildman–Crippen MR) is 104 cm³/mol. The third kappa shape index (κ3) is 3.46. The summed E-state index contributed by atoms with van der Waals surface area (Å²) >= 11 is 0. The first-order chi connectivity index (χ1) is 14.0. The second-order valence-electron chi connectivity index (χ2n) is 6.88. The number of benzene rings is 1. The standard InChI is InChI=1S/C20H21N5O4/c1-13-17(14(2)29-22-13)11-24-10-16(8-21-24)25-19(26)12-23(20(25)27)9-15-6-4-5-7-18(15)28-3/h4-8,10H,9,11-12H2,1-3H3. The van der Waals surface area contributed by atoms with E-state index in [1.54, 1.807) is 18.0 Å². The summed E-state index contributed by atoms with van der Waals surface area (Å²) in [5.41, 5.74) is 2.99. The third-order valence-corrected chi connectivity index (χ3v) is 4.97. The lowest BCUT2D eigenvalue weighted by Gasteiger charge is -2.17. The summed E-state index contributed by atoms with van der Waals surface area (Å²) in [5.74, 6) is 1.11. The van der Waals surface area contributed by atoms with E-state index in [0.717, 1.165) is 27.5 Å². The first-order valence-corrected chi connectivity index (χ1v) is 9.16. The van der Waals surface area contributed by atoms with Crippen molar-refractivity contribution in [1.29, 1.82) is 0 Å². The Morgan fingerprint density at radius 2 is 1.97 bits per heavy atom. The van der Waals surface area contributed by atoms with Crippen molar-refractivity contribution in [3.63, 3.8) is 0 Å². The summed E-state index contributed by atoms with van der Waals surface area (Å²) in [7, 11) is 1.58. The van der Waals surface area contributed by atoms with Crippen molar-refractivity contribution in [2.45, 2.75) is 26.9 Å². The Hall–Kier alpha value is -3.62. The highest BCUT2D eigenvalue weighted by molar-refractivity contribution is 6.19. The molecule has 3 aromatic rings. The molecule has 29 heavy (non-hydrogen) atoms. The highest BCUT2D eigenvalue weighted by atomic mass is 16.5. The van der Waals surface area contributed by atoms with Crippen LogP contribution >= 0.6 is 0 Å². The van der Waals surface area contributed by atoms with E-state index in [2.05, 4.69) is 10.3 Å². The molecule has 1 aliphatic rings. The number of methoxy groups -OCH3 is 1. The van der Waals surface area contributed by atoms with Crippen molar-refractivity contribution in [3.05, 3.63) is 59.2 Å². The van der Waals surface area contributed by atoms with Crippen molar-refractivity contribution >= 4 is 17.6 Å². The van der Waals surface area contributed by atoms with Gasteiger partial charge in [0.05, 0.1) is 37.8 Å². The molecule has 1 aromatic carbocycles. The van der Waals surface area contributed by atoms with Crippen LogP contribution in [-0.2, 0) is 17.9 Å². The summed E-state index contributed by atoms with van der Waals surface area (Å²) in [6, 6.07) is 7.06. The maximum absolute atomic E-state index is 12.9. The maximum atomic E-state index is 12.9. The summed E-state index contributed by atoms with van der Waals surface area (Å²) < 4.78 is 12.2. The van der Waals surface area contributed by atoms with E-state index in [-0.39, 0.29) is 25.0 Å². The molecule has 2 aromatic heterocycles. The van der Waals surface area contributed by atoms with Gasteiger partial charge in [-0.1, -0.05) is 23.4 Å². The van der Waals surface area contributed by atoms with Gasteiger partial charge >= 0.3 is 6.03 Å². The zero-order chi connectivity index (χ0) is 20.5. The molecule has 0 spiro atoms. The van der Waals surface area contributed by atoms with Crippen LogP contribution in [0.1, 0.15) is 22.6 Å². The van der Waals surface area contributed by atoms with E-state index >= 15 is 0 Å².